The summed E-state index contributed by atoms with van der Waals surface area (Å²) in [6, 6.07) is 0. The van der Waals surface area contributed by atoms with E-state index in [1.165, 1.54) is 0 Å². The van der Waals surface area contributed by atoms with E-state index in [4.69, 9.17) is 23.2 Å². The van der Waals surface area contributed by atoms with Gasteiger partial charge in [-0.15, -0.1) is 0 Å². The molecule has 0 radical (unpaired) electrons. The molecule has 0 rings (SSSR count). The minimum absolute atomic E-state index is 0.336. The van der Waals surface area contributed by atoms with Gasteiger partial charge in [-0.1, -0.05) is 23.2 Å². The highest BCUT2D eigenvalue weighted by molar-refractivity contribution is 7.78. The van der Waals surface area contributed by atoms with Crippen molar-refractivity contribution in [2.45, 2.75) is 0 Å². The minimum Gasteiger partial charge on any atom is -0.226 e. The van der Waals surface area contributed by atoms with Crippen LogP contribution in [0, 0.1) is 0 Å². The highest BCUT2D eigenvalue weighted by Crippen LogP contribution is 2.01. The third-order valence-corrected chi connectivity index (χ3v) is 1.75. The Kier molecular flexibility index (Phi) is 3.42. The molecule has 0 aromatic carbocycles. The standard InChI is InChI=1S/C2H2Cl2O2S/c3-1-2(4)7(5)6/h1,7H. The summed E-state index contributed by atoms with van der Waals surface area (Å²) < 4.78 is 19.0. The fourth-order valence-corrected chi connectivity index (χ4v) is 0.359. The normalized spacial score (nSPS) is 12.7. The summed E-state index contributed by atoms with van der Waals surface area (Å²) >= 11 is 9.80. The summed E-state index contributed by atoms with van der Waals surface area (Å²) in [5.74, 6) is 0. The van der Waals surface area contributed by atoms with E-state index in [1.54, 1.807) is 0 Å². The second-order valence-electron chi connectivity index (χ2n) is 0.689. The van der Waals surface area contributed by atoms with Crippen LogP contribution in [0.1, 0.15) is 0 Å². The highest BCUT2D eigenvalue weighted by Gasteiger charge is 1.87. The van der Waals surface area contributed by atoms with Gasteiger partial charge >= 0.3 is 0 Å². The Labute approximate surface area is 52.7 Å². The average molecular weight is 161 g/mol. The van der Waals surface area contributed by atoms with Crippen LogP contribution in [0.3, 0.4) is 0 Å². The predicted octanol–water partition coefficient (Wildman–Crippen LogP) is 0.874. The van der Waals surface area contributed by atoms with Gasteiger partial charge in [0.25, 0.3) is 0 Å². The van der Waals surface area contributed by atoms with Crippen LogP contribution >= 0.6 is 23.2 Å². The molecule has 0 aliphatic rings. The number of hydrogen-bond acceptors (Lipinski definition) is 2. The lowest BCUT2D eigenvalue weighted by molar-refractivity contribution is 0.621. The topological polar surface area (TPSA) is 34.1 Å². The Morgan fingerprint density at radius 1 is 1.57 bits per heavy atom. The van der Waals surface area contributed by atoms with Gasteiger partial charge in [-0.25, -0.2) is 8.42 Å². The van der Waals surface area contributed by atoms with Crippen LogP contribution in [-0.2, 0) is 10.7 Å². The molecule has 0 heterocycles. The minimum atomic E-state index is -2.67. The van der Waals surface area contributed by atoms with Crippen molar-refractivity contribution < 1.29 is 8.42 Å². The van der Waals surface area contributed by atoms with Gasteiger partial charge in [-0.05, 0) is 0 Å². The van der Waals surface area contributed by atoms with E-state index < -0.39 is 10.7 Å². The van der Waals surface area contributed by atoms with Gasteiger partial charge in [0.15, 0.2) is 10.7 Å². The maximum Gasteiger partial charge on any atom is 0.179 e. The Morgan fingerprint density at radius 3 is 2.00 bits per heavy atom. The van der Waals surface area contributed by atoms with Crippen molar-refractivity contribution in [3.05, 3.63) is 9.90 Å². The summed E-state index contributed by atoms with van der Waals surface area (Å²) in [5.41, 5.74) is 0.799. The molecule has 0 unspecified atom stereocenters. The quantitative estimate of drug-likeness (QED) is 0.579. The van der Waals surface area contributed by atoms with E-state index in [1.807, 2.05) is 0 Å². The number of thiol groups is 1. The number of rotatable bonds is 1. The third kappa shape index (κ3) is 2.91. The monoisotopic (exact) mass is 160 g/mol. The van der Waals surface area contributed by atoms with Crippen molar-refractivity contribution in [3.63, 3.8) is 0 Å². The molecule has 0 aromatic heterocycles. The molecule has 0 aliphatic carbocycles. The molecule has 0 atom stereocenters. The van der Waals surface area contributed by atoms with E-state index in [0.717, 1.165) is 5.54 Å². The molecule has 0 saturated heterocycles. The highest BCUT2D eigenvalue weighted by atomic mass is 35.5. The first-order chi connectivity index (χ1) is 3.18. The van der Waals surface area contributed by atoms with Crippen molar-refractivity contribution in [1.29, 1.82) is 0 Å². The molecule has 0 bridgehead atoms. The Bertz CT molecular complexity index is 140. The molecule has 0 aliphatic heterocycles. The zero-order valence-electron chi connectivity index (χ0n) is 3.10. The molecule has 0 spiro atoms. The van der Waals surface area contributed by atoms with E-state index in [0.29, 0.717) is 0 Å². The summed E-state index contributed by atoms with van der Waals surface area (Å²) in [6.07, 6.45) is 0. The molecule has 42 valence electrons. The van der Waals surface area contributed by atoms with Gasteiger partial charge in [0.05, 0.1) is 0 Å². The molecule has 0 saturated carbocycles. The molecule has 0 aromatic rings. The molecule has 0 fully saturated rings. The van der Waals surface area contributed by atoms with Crippen LogP contribution < -0.4 is 0 Å². The second-order valence-corrected chi connectivity index (χ2v) is 2.57. The second kappa shape index (κ2) is 3.29. The first-order valence-corrected chi connectivity index (χ1v) is 3.28. The van der Waals surface area contributed by atoms with Gasteiger partial charge in [0.2, 0.25) is 0 Å². The molecular weight excluding hydrogens is 159 g/mol. The van der Waals surface area contributed by atoms with E-state index in [-0.39, 0.29) is 4.36 Å². The van der Waals surface area contributed by atoms with Gasteiger partial charge in [0.1, 0.15) is 4.36 Å². The van der Waals surface area contributed by atoms with Crippen LogP contribution in [0.4, 0.5) is 0 Å². The van der Waals surface area contributed by atoms with E-state index in [2.05, 4.69) is 0 Å². The fourth-order valence-electron chi connectivity index (χ4n) is 0.0398. The zero-order valence-corrected chi connectivity index (χ0v) is 5.50. The maximum atomic E-state index is 9.68. The van der Waals surface area contributed by atoms with Gasteiger partial charge in [-0.2, -0.15) is 0 Å². The van der Waals surface area contributed by atoms with Crippen LogP contribution in [0.2, 0.25) is 0 Å². The first-order valence-electron chi connectivity index (χ1n) is 1.28. The third-order valence-electron chi connectivity index (χ3n) is 0.264. The lowest BCUT2D eigenvalue weighted by Crippen LogP contribution is -1.68. The summed E-state index contributed by atoms with van der Waals surface area (Å²) in [7, 11) is -2.67. The smallest absolute Gasteiger partial charge is 0.179 e. The van der Waals surface area contributed by atoms with Crippen LogP contribution in [0.25, 0.3) is 0 Å². The Hall–Kier alpha value is 0.270. The zero-order chi connectivity index (χ0) is 5.86. The molecule has 2 nitrogen and oxygen atoms in total. The maximum absolute atomic E-state index is 9.68. The van der Waals surface area contributed by atoms with E-state index >= 15 is 0 Å². The van der Waals surface area contributed by atoms with Crippen LogP contribution in [-0.4, -0.2) is 8.42 Å². The van der Waals surface area contributed by atoms with Crippen molar-refractivity contribution in [2.24, 2.45) is 0 Å². The van der Waals surface area contributed by atoms with Crippen molar-refractivity contribution in [1.82, 2.24) is 0 Å². The summed E-state index contributed by atoms with van der Waals surface area (Å²) in [5, 5.41) is 0. The number of hydrogen-bond donors (Lipinski definition) is 1. The van der Waals surface area contributed by atoms with Crippen LogP contribution in [0.15, 0.2) is 9.90 Å². The van der Waals surface area contributed by atoms with Gasteiger partial charge in [-0.3, -0.25) is 0 Å². The van der Waals surface area contributed by atoms with Gasteiger partial charge < -0.3 is 0 Å². The summed E-state index contributed by atoms with van der Waals surface area (Å²) in [6.45, 7) is 0. The van der Waals surface area contributed by atoms with Crippen molar-refractivity contribution in [3.8, 4) is 0 Å². The molecule has 0 N–H and O–H groups in total. The molecule has 5 heteroatoms. The SMILES string of the molecule is O=[SH](=O)C(Cl)=CCl. The van der Waals surface area contributed by atoms with E-state index in [9.17, 15) is 8.42 Å². The lowest BCUT2D eigenvalue weighted by atomic mass is 11.2. The van der Waals surface area contributed by atoms with Gasteiger partial charge in [0, 0.05) is 5.54 Å². The number of halogens is 2. The van der Waals surface area contributed by atoms with Crippen molar-refractivity contribution in [2.75, 3.05) is 0 Å². The largest absolute Gasteiger partial charge is 0.226 e. The molecule has 7 heavy (non-hydrogen) atoms. The Balaban J connectivity index is 4.10. The fraction of sp³-hybridized carbons (Fsp3) is 0. The average Bonchev–Trinajstić information content (AvgIpc) is 1.65. The first kappa shape index (κ1) is 7.27. The molecular formula is C2H2Cl2O2S. The summed E-state index contributed by atoms with van der Waals surface area (Å²) in [4.78, 5) is 0. The molecule has 0 amide bonds. The lowest BCUT2D eigenvalue weighted by Gasteiger charge is -1.72. The van der Waals surface area contributed by atoms with Crippen LogP contribution in [0.5, 0.6) is 0 Å². The predicted molar refractivity (Wildman–Crippen MR) is 30.1 cm³/mol. The van der Waals surface area contributed by atoms with Crippen molar-refractivity contribution >= 4 is 33.9 Å². The Morgan fingerprint density at radius 2 is 2.00 bits per heavy atom.